The lowest BCUT2D eigenvalue weighted by Crippen LogP contribution is -2.46. The smallest absolute Gasteiger partial charge is 0.387 e. The van der Waals surface area contributed by atoms with Crippen LogP contribution in [-0.2, 0) is 4.79 Å². The topological polar surface area (TPSA) is 42.0 Å². The van der Waals surface area contributed by atoms with E-state index in [-0.39, 0.29) is 17.4 Å². The van der Waals surface area contributed by atoms with E-state index in [4.69, 9.17) is 4.74 Å². The summed E-state index contributed by atoms with van der Waals surface area (Å²) < 4.78 is 34.5. The van der Waals surface area contributed by atoms with E-state index in [0.29, 0.717) is 25.3 Å². The van der Waals surface area contributed by atoms with E-state index < -0.39 is 6.61 Å². The van der Waals surface area contributed by atoms with Crippen LogP contribution in [0.4, 0.5) is 8.78 Å². The molecule has 0 saturated carbocycles. The van der Waals surface area contributed by atoms with E-state index >= 15 is 0 Å². The number of piperazine rings is 1. The highest BCUT2D eigenvalue weighted by Crippen LogP contribution is 2.30. The summed E-state index contributed by atoms with van der Waals surface area (Å²) in [6.07, 6.45) is 3.14. The number of benzene rings is 1. The van der Waals surface area contributed by atoms with Crippen molar-refractivity contribution in [3.05, 3.63) is 29.8 Å². The molecule has 0 N–H and O–H groups in total. The lowest BCUT2D eigenvalue weighted by Gasteiger charge is -2.31. The Hall–Kier alpha value is -2.15. The highest BCUT2D eigenvalue weighted by atomic mass is 19.3. The number of carbonyl (C=O) groups excluding carboxylic acids is 1. The molecule has 1 aromatic carbocycles. The molecule has 1 aromatic rings. The van der Waals surface area contributed by atoms with Gasteiger partial charge in [0.25, 0.3) is 0 Å². The van der Waals surface area contributed by atoms with Crippen molar-refractivity contribution < 1.29 is 23.0 Å². The number of hydrogen-bond donors (Lipinski definition) is 0. The predicted molar refractivity (Wildman–Crippen MR) is 87.4 cm³/mol. The zero-order valence-corrected chi connectivity index (χ0v) is 13.9. The zero-order chi connectivity index (χ0) is 17.5. The molecule has 1 fully saturated rings. The van der Waals surface area contributed by atoms with Gasteiger partial charge in [0.05, 0.1) is 6.61 Å². The van der Waals surface area contributed by atoms with E-state index in [1.165, 1.54) is 12.1 Å². The number of halogens is 2. The van der Waals surface area contributed by atoms with E-state index in [0.717, 1.165) is 13.1 Å². The number of amides is 1. The summed E-state index contributed by atoms with van der Waals surface area (Å²) in [7, 11) is 2.02. The lowest BCUT2D eigenvalue weighted by molar-refractivity contribution is -0.127. The molecule has 0 spiro atoms. The molecule has 24 heavy (non-hydrogen) atoms. The summed E-state index contributed by atoms with van der Waals surface area (Å²) in [5.41, 5.74) is 0.683. The summed E-state index contributed by atoms with van der Waals surface area (Å²) in [4.78, 5) is 16.1. The number of ether oxygens (including phenoxy) is 2. The molecule has 0 bridgehead atoms. The fourth-order valence-electron chi connectivity index (χ4n) is 2.39. The minimum Gasteiger partial charge on any atom is -0.490 e. The van der Waals surface area contributed by atoms with Gasteiger partial charge < -0.3 is 19.3 Å². The minimum atomic E-state index is -2.91. The molecule has 7 heteroatoms. The summed E-state index contributed by atoms with van der Waals surface area (Å²) in [6, 6.07) is 4.60. The van der Waals surface area contributed by atoms with Gasteiger partial charge in [0.1, 0.15) is 0 Å². The lowest BCUT2D eigenvalue weighted by atomic mass is 10.2. The molecule has 2 rings (SSSR count). The van der Waals surface area contributed by atoms with Crippen molar-refractivity contribution in [3.8, 4) is 11.5 Å². The molecule has 0 aromatic heterocycles. The number of likely N-dealkylation sites (N-methyl/N-ethyl adjacent to an activating group) is 1. The molecule has 1 aliphatic heterocycles. The first-order valence-corrected chi connectivity index (χ1v) is 7.86. The Kier molecular flexibility index (Phi) is 6.54. The number of carbonyl (C=O) groups is 1. The number of nitrogens with zero attached hydrogens (tertiary/aromatic N) is 2. The van der Waals surface area contributed by atoms with Crippen molar-refractivity contribution >= 4 is 12.0 Å². The predicted octanol–water partition coefficient (Wildman–Crippen LogP) is 2.47. The quantitative estimate of drug-likeness (QED) is 0.746. The first-order chi connectivity index (χ1) is 11.5. The van der Waals surface area contributed by atoms with Crippen LogP contribution in [0.3, 0.4) is 0 Å². The maximum absolute atomic E-state index is 12.4. The monoisotopic (exact) mass is 340 g/mol. The molecular weight excluding hydrogens is 318 g/mol. The third-order valence-corrected chi connectivity index (χ3v) is 3.72. The maximum atomic E-state index is 12.4. The fraction of sp³-hybridized carbons (Fsp3) is 0.471. The average Bonchev–Trinajstić information content (AvgIpc) is 2.55. The Morgan fingerprint density at radius 1 is 1.25 bits per heavy atom. The third-order valence-electron chi connectivity index (χ3n) is 3.72. The van der Waals surface area contributed by atoms with Crippen LogP contribution in [0.25, 0.3) is 6.08 Å². The van der Waals surface area contributed by atoms with Crippen molar-refractivity contribution in [2.45, 2.75) is 13.5 Å². The Labute approximate surface area is 140 Å². The highest BCUT2D eigenvalue weighted by Gasteiger charge is 2.17. The molecule has 0 unspecified atom stereocenters. The van der Waals surface area contributed by atoms with Gasteiger partial charge in [0.2, 0.25) is 5.91 Å². The molecule has 1 heterocycles. The normalized spacial score (nSPS) is 16.0. The van der Waals surface area contributed by atoms with Crippen molar-refractivity contribution in [1.82, 2.24) is 9.80 Å². The molecule has 0 aliphatic carbocycles. The Balaban J connectivity index is 2.05. The Morgan fingerprint density at radius 2 is 1.96 bits per heavy atom. The van der Waals surface area contributed by atoms with Gasteiger partial charge in [-0.1, -0.05) is 6.07 Å². The maximum Gasteiger partial charge on any atom is 0.387 e. The summed E-state index contributed by atoms with van der Waals surface area (Å²) in [6.45, 7) is 2.28. The first kappa shape index (κ1) is 18.2. The largest absolute Gasteiger partial charge is 0.490 e. The SMILES string of the molecule is CCOc1cc(C=CC(=O)N2CCN(C)CC2)ccc1OC(F)F. The van der Waals surface area contributed by atoms with Gasteiger partial charge >= 0.3 is 6.61 Å². The molecular formula is C17H22F2N2O3. The minimum absolute atomic E-state index is 0.0191. The fourth-order valence-corrected chi connectivity index (χ4v) is 2.39. The van der Waals surface area contributed by atoms with Crippen LogP contribution in [0.1, 0.15) is 12.5 Å². The molecule has 0 radical (unpaired) electrons. The molecule has 132 valence electrons. The number of alkyl halides is 2. The van der Waals surface area contributed by atoms with Crippen LogP contribution < -0.4 is 9.47 Å². The van der Waals surface area contributed by atoms with Crippen LogP contribution in [0.2, 0.25) is 0 Å². The summed E-state index contributed by atoms with van der Waals surface area (Å²) in [5.74, 6) is 0.148. The Morgan fingerprint density at radius 3 is 2.58 bits per heavy atom. The van der Waals surface area contributed by atoms with Gasteiger partial charge in [0.15, 0.2) is 11.5 Å². The molecule has 5 nitrogen and oxygen atoms in total. The van der Waals surface area contributed by atoms with Gasteiger partial charge in [-0.15, -0.1) is 0 Å². The molecule has 1 amide bonds. The molecule has 1 aliphatic rings. The number of rotatable bonds is 6. The highest BCUT2D eigenvalue weighted by molar-refractivity contribution is 5.92. The second kappa shape index (κ2) is 8.63. The van der Waals surface area contributed by atoms with Crippen molar-refractivity contribution in [1.29, 1.82) is 0 Å². The Bertz CT molecular complexity index is 585. The van der Waals surface area contributed by atoms with E-state index in [1.54, 1.807) is 30.0 Å². The van der Waals surface area contributed by atoms with Crippen molar-refractivity contribution in [2.75, 3.05) is 39.8 Å². The first-order valence-electron chi connectivity index (χ1n) is 7.86. The third kappa shape index (κ3) is 5.19. The second-order valence-corrected chi connectivity index (χ2v) is 5.48. The van der Waals surface area contributed by atoms with E-state index in [1.807, 2.05) is 7.05 Å². The van der Waals surface area contributed by atoms with Crippen LogP contribution >= 0.6 is 0 Å². The summed E-state index contributed by atoms with van der Waals surface area (Å²) >= 11 is 0. The van der Waals surface area contributed by atoms with Crippen LogP contribution in [0.5, 0.6) is 11.5 Å². The summed E-state index contributed by atoms with van der Waals surface area (Å²) in [5, 5.41) is 0. The van der Waals surface area contributed by atoms with E-state index in [2.05, 4.69) is 9.64 Å². The number of hydrogen-bond acceptors (Lipinski definition) is 4. The zero-order valence-electron chi connectivity index (χ0n) is 13.9. The van der Waals surface area contributed by atoms with Crippen molar-refractivity contribution in [2.24, 2.45) is 0 Å². The standard InChI is InChI=1S/C17H22F2N2O3/c1-3-23-15-12-13(4-6-14(15)24-17(18)19)5-7-16(22)21-10-8-20(2)9-11-21/h4-7,12,17H,3,8-11H2,1-2H3. The second-order valence-electron chi connectivity index (χ2n) is 5.48. The van der Waals surface area contributed by atoms with Gasteiger partial charge in [-0.25, -0.2) is 0 Å². The van der Waals surface area contributed by atoms with E-state index in [9.17, 15) is 13.6 Å². The average molecular weight is 340 g/mol. The molecule has 1 saturated heterocycles. The van der Waals surface area contributed by atoms with Gasteiger partial charge in [-0.3, -0.25) is 4.79 Å². The van der Waals surface area contributed by atoms with Gasteiger partial charge in [-0.05, 0) is 37.7 Å². The van der Waals surface area contributed by atoms with Crippen molar-refractivity contribution in [3.63, 3.8) is 0 Å². The van der Waals surface area contributed by atoms with Crippen LogP contribution in [0.15, 0.2) is 24.3 Å². The van der Waals surface area contributed by atoms with Gasteiger partial charge in [-0.2, -0.15) is 8.78 Å². The van der Waals surface area contributed by atoms with Crippen LogP contribution in [0, 0.1) is 0 Å². The van der Waals surface area contributed by atoms with Crippen LogP contribution in [-0.4, -0.2) is 62.2 Å². The molecule has 0 atom stereocenters. The van der Waals surface area contributed by atoms with Gasteiger partial charge in [0, 0.05) is 32.3 Å².